The van der Waals surface area contributed by atoms with Crippen molar-refractivity contribution < 1.29 is 57.6 Å². The van der Waals surface area contributed by atoms with Gasteiger partial charge in [0.1, 0.15) is 34.5 Å². The SMILES string of the molecule is CC(C)(C)OC(=O)NCCCCC(NC(=O)OC(C)(C)C)C(=O)NCCN(CCCCC(=O)O)CCNC(=O)C(CCCCNC(=O)OC(C)(C)C)NC(=O)OC(C)(C)C. The van der Waals surface area contributed by atoms with E-state index in [2.05, 4.69) is 31.9 Å². The Hall–Kier alpha value is -4.55. The molecule has 0 saturated heterocycles. The molecule has 7 N–H and O–H groups in total. The number of aliphatic carboxylic acids is 1. The standard InChI is InChI=1S/C41H77N7O12/c1-38(2,3)57-34(53)44-22-16-13-19-29(46-36(55)59-40(7,8)9)32(51)42-24-27-48(26-18-15-21-31(49)50)28-25-43-33(52)30(47-37(56)60-41(10,11)12)20-14-17-23-45-35(54)58-39(4,5)6/h29-30H,13-28H2,1-12H3,(H,42,51)(H,43,52)(H,44,53)(H,45,54)(H,46,55)(H,47,56)(H,49,50). The summed E-state index contributed by atoms with van der Waals surface area (Å²) < 4.78 is 21.3. The third-order valence-electron chi connectivity index (χ3n) is 7.76. The van der Waals surface area contributed by atoms with Crippen molar-refractivity contribution in [3.05, 3.63) is 0 Å². The maximum absolute atomic E-state index is 13.4. The van der Waals surface area contributed by atoms with E-state index in [1.807, 2.05) is 4.90 Å². The fourth-order valence-corrected chi connectivity index (χ4v) is 5.26. The van der Waals surface area contributed by atoms with Gasteiger partial charge in [-0.1, -0.05) is 0 Å². The van der Waals surface area contributed by atoms with Crippen molar-refractivity contribution >= 4 is 42.2 Å². The minimum Gasteiger partial charge on any atom is -0.481 e. The quantitative estimate of drug-likeness (QED) is 0.0475. The molecule has 0 aliphatic heterocycles. The lowest BCUT2D eigenvalue weighted by Gasteiger charge is -2.26. The van der Waals surface area contributed by atoms with Crippen molar-refractivity contribution in [1.82, 2.24) is 36.8 Å². The molecule has 0 radical (unpaired) electrons. The summed E-state index contributed by atoms with van der Waals surface area (Å²) in [5.41, 5.74) is -2.85. The first-order chi connectivity index (χ1) is 27.5. The molecule has 0 aliphatic carbocycles. The number of ether oxygens (including phenoxy) is 4. The van der Waals surface area contributed by atoms with Crippen LogP contribution in [0.4, 0.5) is 19.2 Å². The summed E-state index contributed by atoms with van der Waals surface area (Å²) in [7, 11) is 0. The number of alkyl carbamates (subject to hydrolysis) is 4. The van der Waals surface area contributed by atoms with Gasteiger partial charge in [-0.3, -0.25) is 19.3 Å². The summed E-state index contributed by atoms with van der Waals surface area (Å²) in [4.78, 5) is 89.1. The molecule has 2 atom stereocenters. The fraction of sp³-hybridized carbons (Fsp3) is 0.829. The summed E-state index contributed by atoms with van der Waals surface area (Å²) in [5, 5.41) is 25.5. The molecule has 0 aromatic rings. The molecule has 0 rings (SSSR count). The van der Waals surface area contributed by atoms with Gasteiger partial charge in [0.25, 0.3) is 0 Å². The second-order valence-electron chi connectivity index (χ2n) is 18.5. The predicted octanol–water partition coefficient (Wildman–Crippen LogP) is 4.95. The van der Waals surface area contributed by atoms with Crippen LogP contribution in [0.25, 0.3) is 0 Å². The van der Waals surface area contributed by atoms with Crippen LogP contribution in [-0.2, 0) is 33.3 Å². The fourth-order valence-electron chi connectivity index (χ4n) is 5.26. The Balaban J connectivity index is 5.52. The van der Waals surface area contributed by atoms with Gasteiger partial charge in [0.2, 0.25) is 11.8 Å². The smallest absolute Gasteiger partial charge is 0.408 e. The number of nitrogens with zero attached hydrogens (tertiary/aromatic N) is 1. The number of nitrogens with one attached hydrogen (secondary N) is 6. The number of carboxylic acid groups (broad SMARTS) is 1. The van der Waals surface area contributed by atoms with Gasteiger partial charge in [0.05, 0.1) is 0 Å². The predicted molar refractivity (Wildman–Crippen MR) is 226 cm³/mol. The first kappa shape index (κ1) is 55.5. The van der Waals surface area contributed by atoms with Crippen molar-refractivity contribution in [2.75, 3.05) is 45.8 Å². The minimum absolute atomic E-state index is 0.00205. The van der Waals surface area contributed by atoms with E-state index in [9.17, 15) is 33.6 Å². The molecule has 0 fully saturated rings. The van der Waals surface area contributed by atoms with Crippen molar-refractivity contribution in [2.24, 2.45) is 0 Å². The highest BCUT2D eigenvalue weighted by atomic mass is 16.6. The van der Waals surface area contributed by atoms with Gasteiger partial charge in [-0.2, -0.15) is 0 Å². The van der Waals surface area contributed by atoms with Gasteiger partial charge < -0.3 is 56.0 Å². The number of amides is 6. The third-order valence-corrected chi connectivity index (χ3v) is 7.76. The number of hydrogen-bond acceptors (Lipinski definition) is 12. The topological polar surface area (TPSA) is 252 Å². The summed E-state index contributed by atoms with van der Waals surface area (Å²) in [5.74, 6) is -1.77. The van der Waals surface area contributed by atoms with E-state index in [1.165, 1.54) is 0 Å². The van der Waals surface area contributed by atoms with Crippen molar-refractivity contribution in [1.29, 1.82) is 0 Å². The first-order valence-electron chi connectivity index (χ1n) is 21.0. The Kier molecular flexibility index (Phi) is 25.3. The monoisotopic (exact) mass is 860 g/mol. The minimum atomic E-state index is -0.924. The van der Waals surface area contributed by atoms with E-state index in [0.717, 1.165) is 0 Å². The number of hydrogen-bond donors (Lipinski definition) is 7. The lowest BCUT2D eigenvalue weighted by Crippen LogP contribution is -2.50. The largest absolute Gasteiger partial charge is 0.481 e. The van der Waals surface area contributed by atoms with Gasteiger partial charge in [-0.15, -0.1) is 0 Å². The summed E-state index contributed by atoms with van der Waals surface area (Å²) in [6, 6.07) is -1.85. The molecule has 0 spiro atoms. The number of carboxylic acids is 1. The summed E-state index contributed by atoms with van der Waals surface area (Å²) >= 11 is 0. The van der Waals surface area contributed by atoms with Crippen LogP contribution >= 0.6 is 0 Å². The van der Waals surface area contributed by atoms with Gasteiger partial charge >= 0.3 is 30.3 Å². The van der Waals surface area contributed by atoms with Gasteiger partial charge in [-0.25, -0.2) is 19.2 Å². The first-order valence-corrected chi connectivity index (χ1v) is 21.0. The average Bonchev–Trinajstić information content (AvgIpc) is 3.05. The average molecular weight is 860 g/mol. The van der Waals surface area contributed by atoms with E-state index >= 15 is 0 Å². The Morgan fingerprint density at radius 3 is 1.13 bits per heavy atom. The van der Waals surface area contributed by atoms with Crippen LogP contribution in [0.2, 0.25) is 0 Å². The lowest BCUT2D eigenvalue weighted by molar-refractivity contribution is -0.137. The maximum atomic E-state index is 13.4. The Bertz CT molecular complexity index is 1260. The van der Waals surface area contributed by atoms with Crippen LogP contribution in [0.1, 0.15) is 141 Å². The Morgan fingerprint density at radius 2 is 0.800 bits per heavy atom. The van der Waals surface area contributed by atoms with E-state index in [1.54, 1.807) is 83.1 Å². The molecule has 6 amide bonds. The third kappa shape index (κ3) is 33.3. The van der Waals surface area contributed by atoms with Crippen LogP contribution in [0, 0.1) is 0 Å². The molecular weight excluding hydrogens is 782 g/mol. The zero-order valence-corrected chi connectivity index (χ0v) is 38.4. The highest BCUT2D eigenvalue weighted by Crippen LogP contribution is 2.12. The summed E-state index contributed by atoms with van der Waals surface area (Å²) in [6.45, 7) is 23.0. The normalized spacial score (nSPS) is 12.9. The highest BCUT2D eigenvalue weighted by molar-refractivity contribution is 5.86. The van der Waals surface area contributed by atoms with Crippen LogP contribution in [0.3, 0.4) is 0 Å². The summed E-state index contributed by atoms with van der Waals surface area (Å²) in [6.07, 6.45) is 0.955. The number of unbranched alkanes of at least 4 members (excludes halogenated alkanes) is 3. The molecule has 0 saturated carbocycles. The molecule has 60 heavy (non-hydrogen) atoms. The highest BCUT2D eigenvalue weighted by Gasteiger charge is 2.26. The lowest BCUT2D eigenvalue weighted by atomic mass is 10.1. The van der Waals surface area contributed by atoms with Gasteiger partial charge in [0, 0.05) is 45.7 Å². The Morgan fingerprint density at radius 1 is 0.450 bits per heavy atom. The number of carbonyl (C=O) groups is 7. The second-order valence-corrected chi connectivity index (χ2v) is 18.5. The molecule has 0 aliphatic rings. The van der Waals surface area contributed by atoms with Crippen LogP contribution in [0.5, 0.6) is 0 Å². The zero-order valence-electron chi connectivity index (χ0n) is 38.4. The maximum Gasteiger partial charge on any atom is 0.408 e. The van der Waals surface area contributed by atoms with E-state index in [4.69, 9.17) is 24.1 Å². The van der Waals surface area contributed by atoms with Crippen LogP contribution in [0.15, 0.2) is 0 Å². The van der Waals surface area contributed by atoms with E-state index in [-0.39, 0.29) is 32.4 Å². The molecule has 0 aromatic carbocycles. The van der Waals surface area contributed by atoms with Gasteiger partial charge in [-0.05, 0) is 141 Å². The Labute approximate surface area is 357 Å². The van der Waals surface area contributed by atoms with Crippen LogP contribution in [-0.4, -0.2) is 132 Å². The van der Waals surface area contributed by atoms with E-state index < -0.39 is 76.6 Å². The molecule has 19 heteroatoms. The van der Waals surface area contributed by atoms with E-state index in [0.29, 0.717) is 71.2 Å². The van der Waals surface area contributed by atoms with Gasteiger partial charge in [0.15, 0.2) is 0 Å². The molecule has 2 unspecified atom stereocenters. The second kappa shape index (κ2) is 27.3. The van der Waals surface area contributed by atoms with Crippen LogP contribution < -0.4 is 31.9 Å². The number of rotatable bonds is 25. The molecule has 0 heterocycles. The molecule has 0 bridgehead atoms. The molecule has 19 nitrogen and oxygen atoms in total. The number of carbonyl (C=O) groups excluding carboxylic acids is 6. The zero-order chi connectivity index (χ0) is 46.2. The molecule has 348 valence electrons. The van der Waals surface area contributed by atoms with Crippen molar-refractivity contribution in [3.63, 3.8) is 0 Å². The molecular formula is C41H77N7O12. The van der Waals surface area contributed by atoms with Crippen molar-refractivity contribution in [3.8, 4) is 0 Å². The van der Waals surface area contributed by atoms with Crippen molar-refractivity contribution in [2.45, 2.75) is 175 Å². The molecule has 0 aromatic heterocycles.